The van der Waals surface area contributed by atoms with E-state index in [0.717, 1.165) is 134 Å². The Labute approximate surface area is 699 Å². The van der Waals surface area contributed by atoms with E-state index in [4.69, 9.17) is 33.1 Å². The average Bonchev–Trinajstić information content (AvgIpc) is 1.54. The number of rotatable bonds is 15. The average molecular weight is 1530 g/mol. The molecule has 0 fully saturated rings. The SMILES string of the molecule is [C-]#[N+]c1ccc2c(c1)-c1ccc(-c3ccc(-c4cc(-c5cc(-c6ccccc6)cc(-c6ccccc6)c5)nc(-c5ccccc5)n4)cc3)cc1C2(c1ccccc1)c1ccccc1.[C-]#[N+]c1ccc2c(c1)-c1ccc(-c3ccc(-c4cc(-c5ccccc5)nc(-c5cccc(-c6ccccc6)c5)n4)cc3)cc1C2(c1ccccc1)c1ccccc1. The summed E-state index contributed by atoms with van der Waals surface area (Å²) in [5.74, 6) is 1.36. The van der Waals surface area contributed by atoms with Crippen LogP contribution in [0.15, 0.2) is 449 Å². The van der Waals surface area contributed by atoms with Crippen molar-refractivity contribution in [3.8, 4) is 146 Å². The molecule has 0 aliphatic heterocycles. The molecule has 0 saturated carbocycles. The van der Waals surface area contributed by atoms with Gasteiger partial charge in [-0.2, -0.15) is 0 Å². The van der Waals surface area contributed by atoms with Gasteiger partial charge >= 0.3 is 0 Å². The van der Waals surface area contributed by atoms with Crippen LogP contribution in [0.5, 0.6) is 0 Å². The van der Waals surface area contributed by atoms with Gasteiger partial charge in [-0.25, -0.2) is 29.6 Å². The molecule has 560 valence electrons. The highest BCUT2D eigenvalue weighted by Crippen LogP contribution is 2.60. The molecule has 17 aromatic carbocycles. The minimum Gasteiger partial charge on any atom is -0.238 e. The van der Waals surface area contributed by atoms with Crippen molar-refractivity contribution >= 4 is 11.4 Å². The first kappa shape index (κ1) is 72.8. The smallest absolute Gasteiger partial charge is 0.187 e. The fourth-order valence-electron chi connectivity index (χ4n) is 17.9. The Bertz CT molecular complexity index is 6960. The highest BCUT2D eigenvalue weighted by atomic mass is 14.9. The fraction of sp³-hybridized carbons (Fsp3) is 0.0175. The Morgan fingerprint density at radius 1 is 0.167 bits per heavy atom. The summed E-state index contributed by atoms with van der Waals surface area (Å²) in [5.41, 5.74) is 35.0. The van der Waals surface area contributed by atoms with Gasteiger partial charge < -0.3 is 0 Å². The summed E-state index contributed by atoms with van der Waals surface area (Å²) in [6, 6.07) is 158. The molecule has 0 radical (unpaired) electrons. The van der Waals surface area contributed by atoms with Crippen LogP contribution in [0.4, 0.5) is 11.4 Å². The molecule has 120 heavy (non-hydrogen) atoms. The zero-order valence-corrected chi connectivity index (χ0v) is 65.4. The summed E-state index contributed by atoms with van der Waals surface area (Å²) in [7, 11) is 0. The molecule has 0 N–H and O–H groups in total. The lowest BCUT2D eigenvalue weighted by molar-refractivity contribution is 0.769. The lowest BCUT2D eigenvalue weighted by atomic mass is 9.67. The third-order valence-corrected chi connectivity index (χ3v) is 23.6. The maximum Gasteiger partial charge on any atom is 0.187 e. The first-order chi connectivity index (χ1) is 59.3. The zero-order valence-electron chi connectivity index (χ0n) is 65.4. The quantitative estimate of drug-likeness (QED) is 0.0960. The van der Waals surface area contributed by atoms with Gasteiger partial charge in [0.25, 0.3) is 0 Å². The van der Waals surface area contributed by atoms with Crippen molar-refractivity contribution in [2.75, 3.05) is 0 Å². The van der Waals surface area contributed by atoms with Gasteiger partial charge in [0.15, 0.2) is 23.0 Å². The predicted octanol–water partition coefficient (Wildman–Crippen LogP) is 29.1. The molecule has 0 spiro atoms. The van der Waals surface area contributed by atoms with Gasteiger partial charge in [0.05, 0.1) is 46.7 Å². The Hall–Kier alpha value is -16.1. The van der Waals surface area contributed by atoms with E-state index in [1.165, 1.54) is 44.5 Å². The Morgan fingerprint density at radius 2 is 0.425 bits per heavy atom. The summed E-state index contributed by atoms with van der Waals surface area (Å²) < 4.78 is 0. The maximum atomic E-state index is 7.85. The van der Waals surface area contributed by atoms with Crippen LogP contribution < -0.4 is 0 Å². The van der Waals surface area contributed by atoms with Crippen molar-refractivity contribution in [1.82, 2.24) is 19.9 Å². The number of hydrogen-bond acceptors (Lipinski definition) is 4. The second-order valence-electron chi connectivity index (χ2n) is 30.5. The second-order valence-corrected chi connectivity index (χ2v) is 30.5. The van der Waals surface area contributed by atoms with E-state index < -0.39 is 10.8 Å². The highest BCUT2D eigenvalue weighted by Gasteiger charge is 2.48. The van der Waals surface area contributed by atoms with E-state index in [2.05, 4.69) is 404 Å². The van der Waals surface area contributed by atoms with Gasteiger partial charge in [0.2, 0.25) is 0 Å². The summed E-state index contributed by atoms with van der Waals surface area (Å²) >= 11 is 0. The monoisotopic (exact) mass is 1530 g/mol. The highest BCUT2D eigenvalue weighted by molar-refractivity contribution is 5.93. The molecule has 6 heteroatoms. The molecule has 2 aromatic heterocycles. The Kier molecular flexibility index (Phi) is 19.2. The van der Waals surface area contributed by atoms with E-state index in [-0.39, 0.29) is 0 Å². The molecule has 6 nitrogen and oxygen atoms in total. The van der Waals surface area contributed by atoms with E-state index in [1.54, 1.807) is 0 Å². The van der Waals surface area contributed by atoms with E-state index in [1.807, 2.05) is 54.6 Å². The van der Waals surface area contributed by atoms with Crippen molar-refractivity contribution in [3.05, 3.63) is 516 Å². The zero-order chi connectivity index (χ0) is 80.4. The van der Waals surface area contributed by atoms with Crippen LogP contribution in [0.1, 0.15) is 44.5 Å². The lowest BCUT2D eigenvalue weighted by Gasteiger charge is -2.34. The molecule has 21 rings (SSSR count). The first-order valence-electron chi connectivity index (χ1n) is 40.4. The molecule has 19 aromatic rings. The van der Waals surface area contributed by atoms with Crippen molar-refractivity contribution in [2.45, 2.75) is 10.8 Å². The Morgan fingerprint density at radius 3 is 0.800 bits per heavy atom. The first-order valence-corrected chi connectivity index (χ1v) is 40.4. The maximum absolute atomic E-state index is 7.85. The normalized spacial score (nSPS) is 12.3. The molecule has 2 heterocycles. The third kappa shape index (κ3) is 13.4. The van der Waals surface area contributed by atoms with Gasteiger partial charge in [0, 0.05) is 33.4 Å². The van der Waals surface area contributed by atoms with Crippen molar-refractivity contribution in [1.29, 1.82) is 0 Å². The van der Waals surface area contributed by atoms with E-state index in [9.17, 15) is 0 Å². The summed E-state index contributed by atoms with van der Waals surface area (Å²) in [6.07, 6.45) is 0. The van der Waals surface area contributed by atoms with Crippen molar-refractivity contribution in [3.63, 3.8) is 0 Å². The van der Waals surface area contributed by atoms with Gasteiger partial charge in [-0.05, 0) is 183 Å². The summed E-state index contributed by atoms with van der Waals surface area (Å²) in [4.78, 5) is 28.4. The fourth-order valence-corrected chi connectivity index (χ4v) is 17.9. The van der Waals surface area contributed by atoms with Gasteiger partial charge in [-0.15, -0.1) is 0 Å². The van der Waals surface area contributed by atoms with Crippen LogP contribution in [0.25, 0.3) is 155 Å². The van der Waals surface area contributed by atoms with Crippen LogP contribution in [0.3, 0.4) is 0 Å². The summed E-state index contributed by atoms with van der Waals surface area (Å²) in [5, 5.41) is 0. The van der Waals surface area contributed by atoms with Crippen LogP contribution in [0.2, 0.25) is 0 Å². The van der Waals surface area contributed by atoms with Gasteiger partial charge in [-0.3, -0.25) is 0 Å². The number of hydrogen-bond donors (Lipinski definition) is 0. The second kappa shape index (κ2) is 31.6. The van der Waals surface area contributed by atoms with Crippen LogP contribution >= 0.6 is 0 Å². The van der Waals surface area contributed by atoms with Crippen molar-refractivity contribution in [2.24, 2.45) is 0 Å². The number of benzene rings is 17. The molecule has 0 saturated heterocycles. The molecule has 0 unspecified atom stereocenters. The predicted molar refractivity (Wildman–Crippen MR) is 491 cm³/mol. The minimum absolute atomic E-state index is 0.549. The standard InChI is InChI=1S/C60H39N3.C54H35N3/c1-61-52-32-34-55-54(39-52)53-33-31-46(38-56(53)60(55,50-23-13-5-14-24-50)51-25-15-6-16-26-51)43-27-29-44(30-28-43)57-40-58(63-59(62-57)45-21-11-4-12-22-45)49-36-47(41-17-7-2-8-18-41)35-48(37-49)42-19-9-3-10-20-42;1-55-46-30-32-49-48(35-46)47-31-29-42(34-50(47)54(49,44-21-10-4-11-22-44)45-23-12-5-13-24-45)38-25-27-40(28-26-38)52-36-51(39-17-8-3-9-18-39)56-53(57-52)43-20-14-19-41(33-43)37-15-6-2-7-16-37/h2-40H;2-36H. The molecular formula is C114H74N6. The number of nitrogens with zero attached hydrogens (tertiary/aromatic N) is 6. The molecule has 0 atom stereocenters. The molecule has 0 amide bonds. The number of fused-ring (bicyclic) bond motifs is 6. The van der Waals surface area contributed by atoms with Crippen LogP contribution in [-0.4, -0.2) is 19.9 Å². The van der Waals surface area contributed by atoms with Crippen LogP contribution in [-0.2, 0) is 10.8 Å². The topological polar surface area (TPSA) is 60.3 Å². The summed E-state index contributed by atoms with van der Waals surface area (Å²) in [6.45, 7) is 15.7. The largest absolute Gasteiger partial charge is 0.238 e. The molecular weight excluding hydrogens is 1450 g/mol. The van der Waals surface area contributed by atoms with Gasteiger partial charge in [0.1, 0.15) is 0 Å². The lowest BCUT2D eigenvalue weighted by Crippen LogP contribution is -2.28. The minimum atomic E-state index is -0.562. The third-order valence-electron chi connectivity index (χ3n) is 23.6. The molecule has 0 bridgehead atoms. The van der Waals surface area contributed by atoms with E-state index in [0.29, 0.717) is 23.0 Å². The van der Waals surface area contributed by atoms with Gasteiger partial charge in [-0.1, -0.05) is 388 Å². The molecule has 2 aliphatic carbocycles. The van der Waals surface area contributed by atoms with Crippen molar-refractivity contribution < 1.29 is 0 Å². The Balaban J connectivity index is 0.000000154. The van der Waals surface area contributed by atoms with E-state index >= 15 is 0 Å². The van der Waals surface area contributed by atoms with Crippen LogP contribution in [0, 0.1) is 13.1 Å². The number of aromatic nitrogens is 4. The molecule has 2 aliphatic rings.